The van der Waals surface area contributed by atoms with Gasteiger partial charge in [-0.05, 0) is 61.3 Å². The van der Waals surface area contributed by atoms with Crippen LogP contribution in [0.1, 0.15) is 76.5 Å². The van der Waals surface area contributed by atoms with Crippen LogP contribution in [0.2, 0.25) is 0 Å². The first-order valence-electron chi connectivity index (χ1n) is 11.0. The van der Waals surface area contributed by atoms with Crippen molar-refractivity contribution in [1.82, 2.24) is 20.6 Å². The highest BCUT2D eigenvalue weighted by Crippen LogP contribution is 2.45. The zero-order chi connectivity index (χ0) is 18.3. The minimum Gasteiger partial charge on any atom is -0.378 e. The summed E-state index contributed by atoms with van der Waals surface area (Å²) in [6.45, 7) is 0.906. The lowest BCUT2D eigenvalue weighted by Gasteiger charge is -2.28. The average Bonchev–Trinajstić information content (AvgIpc) is 3.38. The summed E-state index contributed by atoms with van der Waals surface area (Å²) in [6.07, 6.45) is 20.7. The topological polar surface area (TPSA) is 72.9 Å². The number of H-pyrrole nitrogens is 1. The number of unbranched alkanes of at least 4 members (excludes halogenated alkanes) is 1. The zero-order valence-corrected chi connectivity index (χ0v) is 16.4. The van der Waals surface area contributed by atoms with Crippen molar-refractivity contribution < 1.29 is 9.47 Å². The fourth-order valence-electron chi connectivity index (χ4n) is 5.13. The molecule has 0 spiro atoms. The van der Waals surface area contributed by atoms with Crippen LogP contribution in [0.15, 0.2) is 12.2 Å². The molecule has 0 amide bonds. The van der Waals surface area contributed by atoms with Gasteiger partial charge in [-0.25, -0.2) is 5.10 Å². The molecule has 0 unspecified atom stereocenters. The van der Waals surface area contributed by atoms with E-state index < -0.39 is 0 Å². The molecule has 0 aromatic carbocycles. The van der Waals surface area contributed by atoms with Gasteiger partial charge in [-0.3, -0.25) is 0 Å². The van der Waals surface area contributed by atoms with Crippen LogP contribution < -0.4 is 0 Å². The highest BCUT2D eigenvalue weighted by Gasteiger charge is 2.48. The largest absolute Gasteiger partial charge is 0.378 e. The number of aromatic nitrogens is 4. The van der Waals surface area contributed by atoms with Crippen molar-refractivity contribution >= 4 is 0 Å². The first kappa shape index (κ1) is 19.1. The summed E-state index contributed by atoms with van der Waals surface area (Å²) in [6, 6.07) is 0. The third kappa shape index (κ3) is 5.17. The molecule has 3 aliphatic rings. The van der Waals surface area contributed by atoms with Crippen molar-refractivity contribution in [2.75, 3.05) is 6.61 Å². The minimum absolute atomic E-state index is 0.443. The molecule has 1 saturated carbocycles. The smallest absolute Gasteiger partial charge is 0.148 e. The Labute approximate surface area is 162 Å². The van der Waals surface area contributed by atoms with Crippen molar-refractivity contribution in [1.29, 1.82) is 0 Å². The van der Waals surface area contributed by atoms with Gasteiger partial charge < -0.3 is 9.47 Å². The Balaban J connectivity index is 1.20. The third-order valence-corrected chi connectivity index (χ3v) is 6.67. The maximum Gasteiger partial charge on any atom is 0.148 e. The van der Waals surface area contributed by atoms with Crippen LogP contribution >= 0.6 is 0 Å². The van der Waals surface area contributed by atoms with Gasteiger partial charge in [0.25, 0.3) is 0 Å². The van der Waals surface area contributed by atoms with E-state index in [-0.39, 0.29) is 0 Å². The maximum atomic E-state index is 6.39. The molecule has 4 rings (SSSR count). The molecule has 6 heteroatoms. The number of allylic oxidation sites excluding steroid dienone is 2. The van der Waals surface area contributed by atoms with Gasteiger partial charge in [-0.1, -0.05) is 37.8 Å². The molecule has 3 heterocycles. The fraction of sp³-hybridized carbons (Fsp3) is 0.857. The molecule has 1 aromatic rings. The predicted octanol–water partition coefficient (Wildman–Crippen LogP) is 4.00. The molecule has 3 fully saturated rings. The van der Waals surface area contributed by atoms with E-state index in [4.69, 9.17) is 9.47 Å². The van der Waals surface area contributed by atoms with Gasteiger partial charge in [0.1, 0.15) is 5.82 Å². The number of aromatic amines is 1. The fourth-order valence-corrected chi connectivity index (χ4v) is 5.13. The van der Waals surface area contributed by atoms with E-state index in [1.807, 2.05) is 0 Å². The Bertz CT molecular complexity index is 569. The van der Waals surface area contributed by atoms with Gasteiger partial charge >= 0.3 is 0 Å². The van der Waals surface area contributed by atoms with E-state index in [2.05, 4.69) is 32.8 Å². The van der Waals surface area contributed by atoms with E-state index >= 15 is 0 Å². The standard InChI is InChI=1S/C21H34N4O2/c1-2-6-10-16(9-5-1)26-15-18-17(19-13-14-20(18)27-19)11-7-3-4-8-12-21-22-24-25-23-21/h3,7,16-20H,1-2,4-6,8-15H2,(H,22,23,24,25)/b7-3-/t17-,18+,19-,20+/m0/s1. The Hall–Kier alpha value is -1.27. The molecule has 27 heavy (non-hydrogen) atoms. The average molecular weight is 375 g/mol. The number of hydrogen-bond donors (Lipinski definition) is 1. The molecule has 2 aliphatic heterocycles. The molecule has 4 atom stereocenters. The second kappa shape index (κ2) is 9.78. The lowest BCUT2D eigenvalue weighted by Crippen LogP contribution is -2.32. The molecule has 1 N–H and O–H groups in total. The van der Waals surface area contributed by atoms with Gasteiger partial charge in [0.05, 0.1) is 24.9 Å². The van der Waals surface area contributed by atoms with Crippen molar-refractivity contribution in [2.45, 2.75) is 95.4 Å². The van der Waals surface area contributed by atoms with Crippen LogP contribution in [0.25, 0.3) is 0 Å². The van der Waals surface area contributed by atoms with E-state index in [1.54, 1.807) is 0 Å². The Morgan fingerprint density at radius 2 is 1.81 bits per heavy atom. The van der Waals surface area contributed by atoms with Gasteiger partial charge in [0.15, 0.2) is 0 Å². The summed E-state index contributed by atoms with van der Waals surface area (Å²) in [5.74, 6) is 2.11. The molecule has 2 saturated heterocycles. The van der Waals surface area contributed by atoms with E-state index in [0.29, 0.717) is 30.1 Å². The second-order valence-corrected chi connectivity index (χ2v) is 8.51. The van der Waals surface area contributed by atoms with E-state index in [1.165, 1.54) is 51.4 Å². The van der Waals surface area contributed by atoms with Gasteiger partial charge in [0, 0.05) is 12.3 Å². The van der Waals surface area contributed by atoms with Crippen molar-refractivity contribution in [3.8, 4) is 0 Å². The SMILES string of the molecule is C(=C/C[C@H]1[C@@H](COC2CCCCCC2)[C@H]2CC[C@@H]1O2)/CCCc1nnn[nH]1. The number of rotatable bonds is 9. The Morgan fingerprint density at radius 1 is 1.00 bits per heavy atom. The number of tetrazole rings is 1. The lowest BCUT2D eigenvalue weighted by molar-refractivity contribution is -0.00340. The third-order valence-electron chi connectivity index (χ3n) is 6.67. The molecule has 2 bridgehead atoms. The number of aryl methyl sites for hydroxylation is 1. The lowest BCUT2D eigenvalue weighted by atomic mass is 9.78. The highest BCUT2D eigenvalue weighted by atomic mass is 16.5. The number of fused-ring (bicyclic) bond motifs is 2. The summed E-state index contributed by atoms with van der Waals surface area (Å²) >= 11 is 0. The Morgan fingerprint density at radius 3 is 2.59 bits per heavy atom. The Kier molecular flexibility index (Phi) is 6.91. The van der Waals surface area contributed by atoms with Crippen molar-refractivity contribution in [3.05, 3.63) is 18.0 Å². The van der Waals surface area contributed by atoms with Crippen molar-refractivity contribution in [2.24, 2.45) is 11.8 Å². The molecule has 0 radical (unpaired) electrons. The van der Waals surface area contributed by atoms with Crippen LogP contribution in [0.3, 0.4) is 0 Å². The van der Waals surface area contributed by atoms with E-state index in [9.17, 15) is 0 Å². The summed E-state index contributed by atoms with van der Waals surface area (Å²) in [7, 11) is 0. The summed E-state index contributed by atoms with van der Waals surface area (Å²) < 4.78 is 12.6. The number of hydrogen-bond acceptors (Lipinski definition) is 5. The second-order valence-electron chi connectivity index (χ2n) is 8.51. The monoisotopic (exact) mass is 374 g/mol. The van der Waals surface area contributed by atoms with Gasteiger partial charge in [-0.15, -0.1) is 5.10 Å². The highest BCUT2D eigenvalue weighted by molar-refractivity contribution is 5.00. The molecular weight excluding hydrogens is 340 g/mol. The number of nitrogens with one attached hydrogen (secondary N) is 1. The molecule has 6 nitrogen and oxygen atoms in total. The molecule has 1 aromatic heterocycles. The zero-order valence-electron chi connectivity index (χ0n) is 16.4. The van der Waals surface area contributed by atoms with Crippen LogP contribution in [-0.2, 0) is 15.9 Å². The molecule has 1 aliphatic carbocycles. The van der Waals surface area contributed by atoms with Gasteiger partial charge in [-0.2, -0.15) is 0 Å². The van der Waals surface area contributed by atoms with Crippen LogP contribution in [0, 0.1) is 11.8 Å². The maximum absolute atomic E-state index is 6.39. The van der Waals surface area contributed by atoms with Crippen molar-refractivity contribution in [3.63, 3.8) is 0 Å². The quantitative estimate of drug-likeness (QED) is 0.402. The van der Waals surface area contributed by atoms with E-state index in [0.717, 1.165) is 38.1 Å². The summed E-state index contributed by atoms with van der Waals surface area (Å²) in [5.41, 5.74) is 0. The molecule has 150 valence electrons. The number of ether oxygens (including phenoxy) is 2. The first-order valence-corrected chi connectivity index (χ1v) is 11.0. The normalized spacial score (nSPS) is 31.7. The van der Waals surface area contributed by atoms with Gasteiger partial charge in [0.2, 0.25) is 0 Å². The minimum atomic E-state index is 0.443. The summed E-state index contributed by atoms with van der Waals surface area (Å²) in [4.78, 5) is 0. The number of nitrogens with zero attached hydrogens (tertiary/aromatic N) is 3. The summed E-state index contributed by atoms with van der Waals surface area (Å²) in [5, 5.41) is 14.0. The first-order chi connectivity index (χ1) is 13.4. The van der Waals surface area contributed by atoms with Crippen LogP contribution in [-0.4, -0.2) is 45.5 Å². The van der Waals surface area contributed by atoms with Crippen LogP contribution in [0.4, 0.5) is 0 Å². The molecular formula is C21H34N4O2. The van der Waals surface area contributed by atoms with Crippen LogP contribution in [0.5, 0.6) is 0 Å². The predicted molar refractivity (Wildman–Crippen MR) is 103 cm³/mol.